The molecule has 2 rings (SSSR count). The monoisotopic (exact) mass is 183 g/mol. The van der Waals surface area contributed by atoms with E-state index in [1.54, 1.807) is 17.6 Å². The molecule has 0 saturated carbocycles. The number of nitrogens with one attached hydrogen (secondary N) is 1. The van der Waals surface area contributed by atoms with Gasteiger partial charge in [0, 0.05) is 0 Å². The molecule has 2 aromatic rings. The first kappa shape index (κ1) is 6.82. The quantitative estimate of drug-likeness (QED) is 0.688. The van der Waals surface area contributed by atoms with Crippen LogP contribution in [-0.4, -0.2) is 4.98 Å². The zero-order valence-electron chi connectivity index (χ0n) is 5.53. The summed E-state index contributed by atoms with van der Waals surface area (Å²) < 4.78 is 4.95. The van der Waals surface area contributed by atoms with Crippen LogP contribution in [0, 0.1) is 4.84 Å². The van der Waals surface area contributed by atoms with Crippen molar-refractivity contribution in [2.24, 2.45) is 0 Å². The Morgan fingerprint density at radius 3 is 3.00 bits per heavy atom. The maximum Gasteiger partial charge on any atom is 0.266 e. The summed E-state index contributed by atoms with van der Waals surface area (Å²) in [6, 6.07) is 4.00. The molecule has 0 aliphatic heterocycles. The van der Waals surface area contributed by atoms with Gasteiger partial charge in [0.05, 0.1) is 10.6 Å². The fourth-order valence-electron chi connectivity index (χ4n) is 0.833. The van der Waals surface area contributed by atoms with Gasteiger partial charge in [-0.15, -0.1) is 11.3 Å². The molecule has 2 heterocycles. The van der Waals surface area contributed by atoms with Crippen LogP contribution in [0.2, 0.25) is 0 Å². The Bertz CT molecular complexity index is 384. The summed E-state index contributed by atoms with van der Waals surface area (Å²) in [5.74, 6) is 0. The average molecular weight is 183 g/mol. The van der Waals surface area contributed by atoms with Gasteiger partial charge in [-0.3, -0.25) is 0 Å². The normalized spacial score (nSPS) is 10.2. The van der Waals surface area contributed by atoms with E-state index >= 15 is 0 Å². The van der Waals surface area contributed by atoms with Crippen LogP contribution in [0.1, 0.15) is 0 Å². The van der Waals surface area contributed by atoms with E-state index in [9.17, 15) is 0 Å². The number of oxazole rings is 1. The molecule has 0 fully saturated rings. The highest BCUT2D eigenvalue weighted by molar-refractivity contribution is 7.71. The summed E-state index contributed by atoms with van der Waals surface area (Å²) >= 11 is 6.44. The lowest BCUT2D eigenvalue weighted by atomic mass is 10.4. The highest BCUT2D eigenvalue weighted by Gasteiger charge is 1.99. The first-order valence-corrected chi connectivity index (χ1v) is 4.37. The number of aromatic amines is 1. The molecule has 0 amide bonds. The molecule has 0 unspecified atom stereocenters. The predicted octanol–water partition coefficient (Wildman–Crippen LogP) is 3.07. The zero-order chi connectivity index (χ0) is 7.68. The molecule has 0 atom stereocenters. The van der Waals surface area contributed by atoms with E-state index in [2.05, 4.69) is 4.98 Å². The molecule has 0 saturated heterocycles. The van der Waals surface area contributed by atoms with Gasteiger partial charge in [0.1, 0.15) is 6.26 Å². The molecule has 0 aliphatic rings. The van der Waals surface area contributed by atoms with E-state index in [0.29, 0.717) is 4.84 Å². The highest BCUT2D eigenvalue weighted by Crippen LogP contribution is 2.22. The highest BCUT2D eigenvalue weighted by atomic mass is 32.1. The van der Waals surface area contributed by atoms with Crippen molar-refractivity contribution in [2.45, 2.75) is 0 Å². The van der Waals surface area contributed by atoms with Crippen LogP contribution in [0.3, 0.4) is 0 Å². The lowest BCUT2D eigenvalue weighted by Crippen LogP contribution is -1.67. The second-order valence-electron chi connectivity index (χ2n) is 2.04. The van der Waals surface area contributed by atoms with Crippen LogP contribution >= 0.6 is 23.6 Å². The van der Waals surface area contributed by atoms with Gasteiger partial charge in [0.15, 0.2) is 0 Å². The largest absolute Gasteiger partial charge is 0.437 e. The fourth-order valence-corrected chi connectivity index (χ4v) is 1.68. The van der Waals surface area contributed by atoms with Gasteiger partial charge in [-0.25, -0.2) is 0 Å². The van der Waals surface area contributed by atoms with E-state index in [4.69, 9.17) is 16.6 Å². The van der Waals surface area contributed by atoms with Gasteiger partial charge < -0.3 is 9.40 Å². The number of rotatable bonds is 1. The van der Waals surface area contributed by atoms with Crippen molar-refractivity contribution in [3.8, 4) is 10.6 Å². The molecule has 0 spiro atoms. The maximum absolute atomic E-state index is 4.95. The predicted molar refractivity (Wildman–Crippen MR) is 47.2 cm³/mol. The third-order valence-electron chi connectivity index (χ3n) is 1.31. The molecule has 11 heavy (non-hydrogen) atoms. The SMILES string of the molecule is S=c1[nH]c(-c2cccs2)co1. The van der Waals surface area contributed by atoms with Crippen molar-refractivity contribution in [3.63, 3.8) is 0 Å². The minimum absolute atomic E-state index is 0.424. The Hall–Kier alpha value is -0.870. The van der Waals surface area contributed by atoms with Crippen LogP contribution < -0.4 is 0 Å². The van der Waals surface area contributed by atoms with Gasteiger partial charge in [0.25, 0.3) is 4.84 Å². The first-order chi connectivity index (χ1) is 5.36. The second-order valence-corrected chi connectivity index (χ2v) is 3.36. The summed E-state index contributed by atoms with van der Waals surface area (Å²) in [6.45, 7) is 0. The number of hydrogen-bond donors (Lipinski definition) is 1. The molecule has 2 aromatic heterocycles. The van der Waals surface area contributed by atoms with Crippen LogP contribution in [0.4, 0.5) is 0 Å². The van der Waals surface area contributed by atoms with E-state index in [1.165, 1.54) is 0 Å². The van der Waals surface area contributed by atoms with Crippen LogP contribution in [-0.2, 0) is 0 Å². The van der Waals surface area contributed by atoms with Crippen LogP contribution in [0.5, 0.6) is 0 Å². The Morgan fingerprint density at radius 1 is 1.55 bits per heavy atom. The lowest BCUT2D eigenvalue weighted by Gasteiger charge is -1.84. The zero-order valence-corrected chi connectivity index (χ0v) is 7.17. The van der Waals surface area contributed by atoms with Crippen molar-refractivity contribution in [1.82, 2.24) is 4.98 Å². The standard InChI is InChI=1S/C7H5NOS2/c10-7-8-5(4-9-7)6-2-1-3-11-6/h1-4H,(H,8,10). The summed E-state index contributed by atoms with van der Waals surface area (Å²) in [5, 5.41) is 2.01. The Labute approximate surface area is 72.5 Å². The number of thiophene rings is 1. The van der Waals surface area contributed by atoms with Crippen LogP contribution in [0.15, 0.2) is 28.2 Å². The second kappa shape index (κ2) is 2.64. The molecule has 0 radical (unpaired) electrons. The van der Waals surface area contributed by atoms with Gasteiger partial charge >= 0.3 is 0 Å². The summed E-state index contributed by atoms with van der Waals surface area (Å²) in [5.41, 5.74) is 0.949. The average Bonchev–Trinajstić information content (AvgIpc) is 2.55. The number of aromatic nitrogens is 1. The van der Waals surface area contributed by atoms with Gasteiger partial charge in [0.2, 0.25) is 0 Å². The third-order valence-corrected chi connectivity index (χ3v) is 2.41. The summed E-state index contributed by atoms with van der Waals surface area (Å²) in [6.07, 6.45) is 1.63. The third kappa shape index (κ3) is 1.27. The fraction of sp³-hybridized carbons (Fsp3) is 0. The smallest absolute Gasteiger partial charge is 0.266 e. The first-order valence-electron chi connectivity index (χ1n) is 3.08. The summed E-state index contributed by atoms with van der Waals surface area (Å²) in [4.78, 5) is 4.50. The molecule has 0 bridgehead atoms. The number of H-pyrrole nitrogens is 1. The van der Waals surface area contributed by atoms with Gasteiger partial charge in [-0.05, 0) is 23.7 Å². The molecule has 56 valence electrons. The molecule has 0 aromatic carbocycles. The van der Waals surface area contributed by atoms with Crippen LogP contribution in [0.25, 0.3) is 10.6 Å². The van der Waals surface area contributed by atoms with E-state index < -0.39 is 0 Å². The van der Waals surface area contributed by atoms with Crippen molar-refractivity contribution >= 4 is 23.6 Å². The van der Waals surface area contributed by atoms with Crippen molar-refractivity contribution in [3.05, 3.63) is 28.6 Å². The van der Waals surface area contributed by atoms with Crippen molar-refractivity contribution in [2.75, 3.05) is 0 Å². The minimum atomic E-state index is 0.424. The van der Waals surface area contributed by atoms with E-state index in [0.717, 1.165) is 10.6 Å². The van der Waals surface area contributed by atoms with Crippen molar-refractivity contribution in [1.29, 1.82) is 0 Å². The van der Waals surface area contributed by atoms with E-state index in [-0.39, 0.29) is 0 Å². The van der Waals surface area contributed by atoms with Gasteiger partial charge in [-0.2, -0.15) is 0 Å². The summed E-state index contributed by atoms with van der Waals surface area (Å²) in [7, 11) is 0. The Morgan fingerprint density at radius 2 is 2.45 bits per heavy atom. The number of hydrogen-bond acceptors (Lipinski definition) is 3. The minimum Gasteiger partial charge on any atom is -0.437 e. The lowest BCUT2D eigenvalue weighted by molar-refractivity contribution is 0.541. The Kier molecular flexibility index (Phi) is 1.63. The van der Waals surface area contributed by atoms with E-state index in [1.807, 2.05) is 17.5 Å². The molecule has 2 nitrogen and oxygen atoms in total. The topological polar surface area (TPSA) is 28.9 Å². The Balaban J connectivity index is 2.53. The molecular weight excluding hydrogens is 178 g/mol. The van der Waals surface area contributed by atoms with Crippen molar-refractivity contribution < 1.29 is 4.42 Å². The molecule has 4 heteroatoms. The van der Waals surface area contributed by atoms with Gasteiger partial charge in [-0.1, -0.05) is 6.07 Å². The maximum atomic E-state index is 4.95. The molecule has 0 aliphatic carbocycles. The molecular formula is C7H5NOS2. The molecule has 1 N–H and O–H groups in total.